The number of hydrogen-bond donors (Lipinski definition) is 2. The fourth-order valence-electron chi connectivity index (χ4n) is 3.47. The Bertz CT molecular complexity index is 451. The second kappa shape index (κ2) is 7.87. The third-order valence-electron chi connectivity index (χ3n) is 4.72. The number of benzene rings is 1. The fraction of sp³-hybridized carbons (Fsp3) is 0.667. The van der Waals surface area contributed by atoms with Crippen LogP contribution in [0.15, 0.2) is 21.9 Å². The minimum Gasteiger partial charge on any atom is -0.508 e. The van der Waals surface area contributed by atoms with E-state index in [4.69, 9.17) is 0 Å². The molecule has 0 spiro atoms. The smallest absolute Gasteiger partial charge is 0.142 e. The van der Waals surface area contributed by atoms with Gasteiger partial charge in [-0.3, -0.25) is 0 Å². The van der Waals surface area contributed by atoms with Gasteiger partial charge in [0.2, 0.25) is 0 Å². The maximum Gasteiger partial charge on any atom is 0.142 e. The molecule has 0 amide bonds. The molecule has 0 atom stereocenters. The van der Waals surface area contributed by atoms with Crippen molar-refractivity contribution in [3.05, 3.63) is 12.1 Å². The zero-order valence-electron chi connectivity index (χ0n) is 13.1. The lowest BCUT2D eigenvalue weighted by molar-refractivity contribution is 0.434. The molecule has 2 aliphatic rings. The van der Waals surface area contributed by atoms with Gasteiger partial charge in [-0.15, -0.1) is 23.5 Å². The first-order valence-corrected chi connectivity index (χ1v) is 10.4. The average molecular weight is 339 g/mol. The maximum absolute atomic E-state index is 10.6. The quantitative estimate of drug-likeness (QED) is 0.666. The molecule has 3 rings (SSSR count). The summed E-state index contributed by atoms with van der Waals surface area (Å²) in [5, 5.41) is 21.8. The monoisotopic (exact) mass is 338 g/mol. The molecule has 22 heavy (non-hydrogen) atoms. The molecule has 0 saturated heterocycles. The summed E-state index contributed by atoms with van der Waals surface area (Å²) in [6, 6.07) is 3.47. The molecule has 4 heteroatoms. The summed E-state index contributed by atoms with van der Waals surface area (Å²) in [6.45, 7) is 0. The maximum atomic E-state index is 10.6. The van der Waals surface area contributed by atoms with Gasteiger partial charge in [0, 0.05) is 10.5 Å². The van der Waals surface area contributed by atoms with E-state index in [2.05, 4.69) is 0 Å². The normalized spacial score (nSPS) is 21.1. The summed E-state index contributed by atoms with van der Waals surface area (Å²) < 4.78 is 0. The Morgan fingerprint density at radius 2 is 1.09 bits per heavy atom. The first kappa shape index (κ1) is 16.4. The van der Waals surface area contributed by atoms with Crippen molar-refractivity contribution in [3.8, 4) is 11.5 Å². The van der Waals surface area contributed by atoms with Crippen LogP contribution in [0.5, 0.6) is 11.5 Å². The Hall–Kier alpha value is -0.480. The zero-order chi connectivity index (χ0) is 15.4. The van der Waals surface area contributed by atoms with Crippen molar-refractivity contribution in [3.63, 3.8) is 0 Å². The summed E-state index contributed by atoms with van der Waals surface area (Å²) in [4.78, 5) is 1.73. The zero-order valence-corrected chi connectivity index (χ0v) is 14.7. The predicted molar refractivity (Wildman–Crippen MR) is 95.2 cm³/mol. The Balaban J connectivity index is 1.72. The van der Waals surface area contributed by atoms with Crippen LogP contribution in [0.2, 0.25) is 0 Å². The largest absolute Gasteiger partial charge is 0.508 e. The van der Waals surface area contributed by atoms with Crippen LogP contribution in [0, 0.1) is 0 Å². The molecular formula is C18H26O2S2. The summed E-state index contributed by atoms with van der Waals surface area (Å²) in [5.41, 5.74) is 0. The third kappa shape index (κ3) is 4.29. The van der Waals surface area contributed by atoms with Crippen molar-refractivity contribution in [1.82, 2.24) is 0 Å². The number of thioether (sulfide) groups is 2. The highest BCUT2D eigenvalue weighted by Gasteiger charge is 2.21. The molecule has 0 heterocycles. The third-order valence-corrected chi connectivity index (χ3v) is 7.46. The Morgan fingerprint density at radius 1 is 0.682 bits per heavy atom. The number of aromatic hydroxyl groups is 2. The minimum absolute atomic E-state index is 0.286. The van der Waals surface area contributed by atoms with E-state index in [0.29, 0.717) is 16.2 Å². The molecule has 2 N–H and O–H groups in total. The van der Waals surface area contributed by atoms with Gasteiger partial charge in [-0.05, 0) is 37.8 Å². The van der Waals surface area contributed by atoms with E-state index >= 15 is 0 Å². The van der Waals surface area contributed by atoms with Crippen LogP contribution in [-0.2, 0) is 0 Å². The Kier molecular flexibility index (Phi) is 5.86. The molecule has 1 aromatic rings. The van der Waals surface area contributed by atoms with Crippen LogP contribution in [0.1, 0.15) is 64.2 Å². The first-order chi connectivity index (χ1) is 10.7. The number of rotatable bonds is 4. The number of phenols is 2. The van der Waals surface area contributed by atoms with Gasteiger partial charge in [0.1, 0.15) is 11.5 Å². The molecule has 0 radical (unpaired) electrons. The first-order valence-electron chi connectivity index (χ1n) is 8.61. The summed E-state index contributed by atoms with van der Waals surface area (Å²) in [5.74, 6) is 0.679. The highest BCUT2D eigenvalue weighted by Crippen LogP contribution is 2.46. The van der Waals surface area contributed by atoms with Crippen LogP contribution >= 0.6 is 23.5 Å². The summed E-state index contributed by atoms with van der Waals surface area (Å²) in [7, 11) is 0. The van der Waals surface area contributed by atoms with Gasteiger partial charge in [0.05, 0.1) is 9.79 Å². The summed E-state index contributed by atoms with van der Waals surface area (Å²) in [6.07, 6.45) is 12.8. The minimum atomic E-state index is 0.286. The molecule has 2 fully saturated rings. The van der Waals surface area contributed by atoms with Gasteiger partial charge in [-0.25, -0.2) is 0 Å². The molecule has 2 nitrogen and oxygen atoms in total. The summed E-state index contributed by atoms with van der Waals surface area (Å²) >= 11 is 3.52. The van der Waals surface area contributed by atoms with Crippen LogP contribution in [0.4, 0.5) is 0 Å². The second-order valence-electron chi connectivity index (χ2n) is 6.55. The van der Waals surface area contributed by atoms with E-state index < -0.39 is 0 Å². The Labute approximate surface area is 142 Å². The van der Waals surface area contributed by atoms with E-state index in [1.54, 1.807) is 35.7 Å². The molecule has 0 aromatic heterocycles. The van der Waals surface area contributed by atoms with Crippen molar-refractivity contribution in [2.45, 2.75) is 84.5 Å². The van der Waals surface area contributed by atoms with Gasteiger partial charge < -0.3 is 10.2 Å². The predicted octanol–water partition coefficient (Wildman–Crippen LogP) is 5.95. The van der Waals surface area contributed by atoms with Crippen LogP contribution in [-0.4, -0.2) is 20.7 Å². The lowest BCUT2D eigenvalue weighted by Gasteiger charge is -2.24. The topological polar surface area (TPSA) is 40.5 Å². The number of phenolic OH excluding ortho intramolecular Hbond substituents is 2. The van der Waals surface area contributed by atoms with Crippen molar-refractivity contribution in [2.24, 2.45) is 0 Å². The number of hydrogen-bond acceptors (Lipinski definition) is 4. The molecule has 0 unspecified atom stereocenters. The highest BCUT2D eigenvalue weighted by molar-refractivity contribution is 8.00. The van der Waals surface area contributed by atoms with E-state index in [1.807, 2.05) is 0 Å². The van der Waals surface area contributed by atoms with Crippen molar-refractivity contribution < 1.29 is 10.2 Å². The molecule has 1 aromatic carbocycles. The lowest BCUT2D eigenvalue weighted by atomic mass is 10.0. The molecule has 122 valence electrons. The SMILES string of the molecule is Oc1cc(SC2CCCCC2)c(O)c(SC2CCCCC2)c1. The van der Waals surface area contributed by atoms with Gasteiger partial charge >= 0.3 is 0 Å². The fourth-order valence-corrected chi connectivity index (χ4v) is 6.21. The lowest BCUT2D eigenvalue weighted by Crippen LogP contribution is -2.08. The van der Waals surface area contributed by atoms with Gasteiger partial charge in [0.25, 0.3) is 0 Å². The van der Waals surface area contributed by atoms with Crippen LogP contribution < -0.4 is 0 Å². The van der Waals surface area contributed by atoms with E-state index in [9.17, 15) is 10.2 Å². The van der Waals surface area contributed by atoms with E-state index in [-0.39, 0.29) is 5.75 Å². The second-order valence-corrected chi connectivity index (χ2v) is 9.23. The van der Waals surface area contributed by atoms with Gasteiger partial charge in [0.15, 0.2) is 0 Å². The van der Waals surface area contributed by atoms with E-state index in [1.165, 1.54) is 64.2 Å². The van der Waals surface area contributed by atoms with Crippen molar-refractivity contribution in [2.75, 3.05) is 0 Å². The van der Waals surface area contributed by atoms with E-state index in [0.717, 1.165) is 9.79 Å². The molecule has 0 aliphatic heterocycles. The molecule has 0 bridgehead atoms. The van der Waals surface area contributed by atoms with Crippen LogP contribution in [0.3, 0.4) is 0 Å². The van der Waals surface area contributed by atoms with Crippen LogP contribution in [0.25, 0.3) is 0 Å². The van der Waals surface area contributed by atoms with Gasteiger partial charge in [-0.2, -0.15) is 0 Å². The average Bonchev–Trinajstić information content (AvgIpc) is 2.54. The molecule has 2 aliphatic carbocycles. The van der Waals surface area contributed by atoms with Crippen molar-refractivity contribution >= 4 is 23.5 Å². The standard InChI is InChI=1S/C18H26O2S2/c19-13-11-16(21-14-7-3-1-4-8-14)18(20)17(12-13)22-15-9-5-2-6-10-15/h11-12,14-15,19-20H,1-10H2. The Morgan fingerprint density at radius 3 is 1.50 bits per heavy atom. The van der Waals surface area contributed by atoms with Crippen molar-refractivity contribution in [1.29, 1.82) is 0 Å². The molecule has 2 saturated carbocycles. The molecular weight excluding hydrogens is 312 g/mol. The van der Waals surface area contributed by atoms with Gasteiger partial charge in [-0.1, -0.05) is 38.5 Å². The highest BCUT2D eigenvalue weighted by atomic mass is 32.2.